The van der Waals surface area contributed by atoms with E-state index in [1.54, 1.807) is 18.1 Å². The molecule has 0 amide bonds. The summed E-state index contributed by atoms with van der Waals surface area (Å²) in [6, 6.07) is 5.91. The number of ether oxygens (including phenoxy) is 2. The number of hydrogen-bond acceptors (Lipinski definition) is 4. The molecule has 3 aromatic rings. The molecule has 6 heteroatoms. The summed E-state index contributed by atoms with van der Waals surface area (Å²) >= 11 is 0. The highest BCUT2D eigenvalue weighted by molar-refractivity contribution is 5.56. The Balaban J connectivity index is 1.67. The maximum atomic E-state index is 5.86. The Morgan fingerprint density at radius 3 is 2.78 bits per heavy atom. The van der Waals surface area contributed by atoms with Crippen LogP contribution in [0.15, 0.2) is 43.1 Å². The van der Waals surface area contributed by atoms with E-state index in [-0.39, 0.29) is 0 Å². The lowest BCUT2D eigenvalue weighted by Crippen LogP contribution is -2.09. The van der Waals surface area contributed by atoms with Gasteiger partial charge in [0.15, 0.2) is 11.5 Å². The Labute approximate surface area is 135 Å². The van der Waals surface area contributed by atoms with Crippen molar-refractivity contribution in [2.45, 2.75) is 13.5 Å². The van der Waals surface area contributed by atoms with Crippen LogP contribution in [0.2, 0.25) is 0 Å². The number of hydrogen-bond donors (Lipinski definition) is 0. The third-order valence-corrected chi connectivity index (χ3v) is 3.62. The molecule has 6 nitrogen and oxygen atoms in total. The van der Waals surface area contributed by atoms with Gasteiger partial charge in [0.05, 0.1) is 38.1 Å². The largest absolute Gasteiger partial charge is 0.493 e. The molecule has 0 aliphatic heterocycles. The molecule has 3 rings (SSSR count). The van der Waals surface area contributed by atoms with Crippen LogP contribution in [0.5, 0.6) is 11.5 Å². The van der Waals surface area contributed by atoms with E-state index in [4.69, 9.17) is 9.47 Å². The van der Waals surface area contributed by atoms with E-state index in [9.17, 15) is 0 Å². The lowest BCUT2D eigenvalue weighted by Gasteiger charge is -2.12. The van der Waals surface area contributed by atoms with Gasteiger partial charge in [0.25, 0.3) is 0 Å². The van der Waals surface area contributed by atoms with Crippen molar-refractivity contribution in [3.63, 3.8) is 0 Å². The van der Waals surface area contributed by atoms with Crippen molar-refractivity contribution in [1.82, 2.24) is 19.3 Å². The zero-order valence-electron chi connectivity index (χ0n) is 13.6. The SMILES string of the molecule is COc1cc(C)ccc1OCCn1cncc1-c1cnn(C)c1. The molecule has 0 unspecified atom stereocenters. The zero-order valence-corrected chi connectivity index (χ0v) is 13.6. The first-order chi connectivity index (χ1) is 11.2. The second-order valence-electron chi connectivity index (χ2n) is 5.38. The van der Waals surface area contributed by atoms with E-state index < -0.39 is 0 Å². The maximum Gasteiger partial charge on any atom is 0.161 e. The number of methoxy groups -OCH3 is 1. The van der Waals surface area contributed by atoms with Gasteiger partial charge in [-0.2, -0.15) is 5.10 Å². The van der Waals surface area contributed by atoms with E-state index >= 15 is 0 Å². The second-order valence-corrected chi connectivity index (χ2v) is 5.38. The van der Waals surface area contributed by atoms with Crippen molar-refractivity contribution >= 4 is 0 Å². The van der Waals surface area contributed by atoms with Crippen molar-refractivity contribution in [1.29, 1.82) is 0 Å². The van der Waals surface area contributed by atoms with Gasteiger partial charge in [-0.05, 0) is 24.6 Å². The van der Waals surface area contributed by atoms with Gasteiger partial charge in [0.2, 0.25) is 0 Å². The number of imidazole rings is 1. The van der Waals surface area contributed by atoms with Crippen LogP contribution in [0.4, 0.5) is 0 Å². The minimum atomic E-state index is 0.531. The minimum Gasteiger partial charge on any atom is -0.493 e. The highest BCUT2D eigenvalue weighted by Crippen LogP contribution is 2.27. The highest BCUT2D eigenvalue weighted by atomic mass is 16.5. The summed E-state index contributed by atoms with van der Waals surface area (Å²) in [4.78, 5) is 4.22. The van der Waals surface area contributed by atoms with Crippen LogP contribution in [0.1, 0.15) is 5.56 Å². The zero-order chi connectivity index (χ0) is 16.2. The van der Waals surface area contributed by atoms with Crippen molar-refractivity contribution in [3.05, 3.63) is 48.7 Å². The number of nitrogens with zero attached hydrogens (tertiary/aromatic N) is 4. The monoisotopic (exact) mass is 312 g/mol. The van der Waals surface area contributed by atoms with Crippen molar-refractivity contribution in [2.75, 3.05) is 13.7 Å². The van der Waals surface area contributed by atoms with E-state index in [1.807, 2.05) is 50.8 Å². The standard InChI is InChI=1S/C17H20N4O2/c1-13-4-5-16(17(8-13)22-3)23-7-6-21-12-18-10-15(21)14-9-19-20(2)11-14/h4-5,8-12H,6-7H2,1-3H3. The molecular formula is C17H20N4O2. The summed E-state index contributed by atoms with van der Waals surface area (Å²) in [6.07, 6.45) is 7.44. The van der Waals surface area contributed by atoms with E-state index in [2.05, 4.69) is 14.6 Å². The first kappa shape index (κ1) is 15.1. The fourth-order valence-electron chi connectivity index (χ4n) is 2.44. The molecule has 0 aliphatic rings. The Kier molecular flexibility index (Phi) is 4.32. The van der Waals surface area contributed by atoms with Crippen molar-refractivity contribution in [3.8, 4) is 22.8 Å². The summed E-state index contributed by atoms with van der Waals surface area (Å²) < 4.78 is 15.0. The third kappa shape index (κ3) is 3.36. The number of benzene rings is 1. The number of rotatable bonds is 6. The van der Waals surface area contributed by atoms with Gasteiger partial charge in [-0.1, -0.05) is 6.07 Å². The topological polar surface area (TPSA) is 54.1 Å². The fraction of sp³-hybridized carbons (Fsp3) is 0.294. The normalized spacial score (nSPS) is 10.7. The average Bonchev–Trinajstić information content (AvgIpc) is 3.17. The number of aryl methyl sites for hydroxylation is 2. The average molecular weight is 312 g/mol. The maximum absolute atomic E-state index is 5.86. The molecule has 0 spiro atoms. The Bertz CT molecular complexity index is 791. The molecular weight excluding hydrogens is 292 g/mol. The molecule has 23 heavy (non-hydrogen) atoms. The summed E-state index contributed by atoms with van der Waals surface area (Å²) in [7, 11) is 3.55. The molecule has 1 aromatic carbocycles. The third-order valence-electron chi connectivity index (χ3n) is 3.62. The summed E-state index contributed by atoms with van der Waals surface area (Å²) in [5.41, 5.74) is 3.21. The molecule has 0 fully saturated rings. The van der Waals surface area contributed by atoms with Gasteiger partial charge in [-0.3, -0.25) is 4.68 Å². The molecule has 2 heterocycles. The van der Waals surface area contributed by atoms with Gasteiger partial charge in [0, 0.05) is 18.8 Å². The Hall–Kier alpha value is -2.76. The molecule has 0 saturated heterocycles. The van der Waals surface area contributed by atoms with Gasteiger partial charge in [-0.25, -0.2) is 4.98 Å². The quantitative estimate of drug-likeness (QED) is 0.702. The first-order valence-corrected chi connectivity index (χ1v) is 7.44. The second kappa shape index (κ2) is 6.56. The van der Waals surface area contributed by atoms with Crippen LogP contribution >= 0.6 is 0 Å². The van der Waals surface area contributed by atoms with Gasteiger partial charge in [-0.15, -0.1) is 0 Å². The van der Waals surface area contributed by atoms with E-state index in [0.717, 1.165) is 28.3 Å². The summed E-state index contributed by atoms with van der Waals surface area (Å²) in [6.45, 7) is 3.25. The van der Waals surface area contributed by atoms with Crippen LogP contribution in [-0.4, -0.2) is 33.0 Å². The Morgan fingerprint density at radius 1 is 1.17 bits per heavy atom. The van der Waals surface area contributed by atoms with Crippen LogP contribution in [-0.2, 0) is 13.6 Å². The highest BCUT2D eigenvalue weighted by Gasteiger charge is 2.08. The molecule has 0 aliphatic carbocycles. The lowest BCUT2D eigenvalue weighted by atomic mass is 10.2. The minimum absolute atomic E-state index is 0.531. The van der Waals surface area contributed by atoms with Crippen molar-refractivity contribution < 1.29 is 9.47 Å². The lowest BCUT2D eigenvalue weighted by molar-refractivity contribution is 0.280. The molecule has 0 N–H and O–H groups in total. The van der Waals surface area contributed by atoms with Gasteiger partial charge >= 0.3 is 0 Å². The van der Waals surface area contributed by atoms with Crippen molar-refractivity contribution in [2.24, 2.45) is 7.05 Å². The van der Waals surface area contributed by atoms with E-state index in [0.29, 0.717) is 13.2 Å². The molecule has 120 valence electrons. The van der Waals surface area contributed by atoms with Crippen LogP contribution < -0.4 is 9.47 Å². The van der Waals surface area contributed by atoms with Gasteiger partial charge in [0.1, 0.15) is 6.61 Å². The van der Waals surface area contributed by atoms with E-state index in [1.165, 1.54) is 0 Å². The molecule has 2 aromatic heterocycles. The molecule has 0 atom stereocenters. The first-order valence-electron chi connectivity index (χ1n) is 7.44. The molecule has 0 bridgehead atoms. The number of aromatic nitrogens is 4. The predicted molar refractivity (Wildman–Crippen MR) is 87.7 cm³/mol. The van der Waals surface area contributed by atoms with Crippen LogP contribution in [0, 0.1) is 6.92 Å². The summed E-state index contributed by atoms with van der Waals surface area (Å²) in [5.74, 6) is 1.50. The molecule has 0 radical (unpaired) electrons. The molecule has 0 saturated carbocycles. The fourth-order valence-corrected chi connectivity index (χ4v) is 2.44. The van der Waals surface area contributed by atoms with Crippen LogP contribution in [0.3, 0.4) is 0 Å². The summed E-state index contributed by atoms with van der Waals surface area (Å²) in [5, 5.41) is 4.20. The Morgan fingerprint density at radius 2 is 2.04 bits per heavy atom. The predicted octanol–water partition coefficient (Wildman–Crippen LogP) is 2.68. The smallest absolute Gasteiger partial charge is 0.161 e. The van der Waals surface area contributed by atoms with Gasteiger partial charge < -0.3 is 14.0 Å². The van der Waals surface area contributed by atoms with Crippen LogP contribution in [0.25, 0.3) is 11.3 Å².